The Morgan fingerprint density at radius 3 is 1.13 bits per heavy atom. The summed E-state index contributed by atoms with van der Waals surface area (Å²) in [7, 11) is 6.90. The molecule has 149 heavy (non-hydrogen) atoms. The van der Waals surface area contributed by atoms with E-state index in [0.717, 1.165) is 89.1 Å². The van der Waals surface area contributed by atoms with Crippen LogP contribution in [0.1, 0.15) is 172 Å². The van der Waals surface area contributed by atoms with Gasteiger partial charge in [0.15, 0.2) is 5.82 Å². The van der Waals surface area contributed by atoms with Crippen molar-refractivity contribution in [2.75, 3.05) is 25.1 Å². The average molecular weight is 2100 g/mol. The zero-order valence-corrected chi connectivity index (χ0v) is 86.5. The second-order valence-electron chi connectivity index (χ2n) is 33.4. The van der Waals surface area contributed by atoms with Crippen LogP contribution in [0.15, 0.2) is 334 Å². The normalized spacial score (nSPS) is 12.8. The molecule has 1 unspecified atom stereocenters. The van der Waals surface area contributed by atoms with Gasteiger partial charge in [0.25, 0.3) is 35.5 Å². The van der Waals surface area contributed by atoms with E-state index < -0.39 is 0 Å². The van der Waals surface area contributed by atoms with Crippen LogP contribution in [0.2, 0.25) is 10.0 Å². The Labute approximate surface area is 885 Å². The van der Waals surface area contributed by atoms with E-state index in [-0.39, 0.29) is 47.9 Å². The Morgan fingerprint density at radius 2 is 0.785 bits per heavy atom. The molecular weight excluding hydrogens is 2000 g/mol. The van der Waals surface area contributed by atoms with Crippen molar-refractivity contribution >= 4 is 195 Å². The Bertz CT molecular complexity index is 7480. The molecule has 30 nitrogen and oxygen atoms in total. The van der Waals surface area contributed by atoms with Crippen molar-refractivity contribution in [2.24, 2.45) is 25.1 Å². The van der Waals surface area contributed by atoms with Gasteiger partial charge in [0.1, 0.15) is 34.4 Å². The van der Waals surface area contributed by atoms with E-state index in [1.54, 1.807) is 191 Å². The first-order valence-corrected chi connectivity index (χ1v) is 51.4. The first-order chi connectivity index (χ1) is 72.6. The van der Waals surface area contributed by atoms with Gasteiger partial charge in [-0.05, 0) is 300 Å². The lowest BCUT2D eigenvalue weighted by molar-refractivity contribution is 0.0860. The number of carbonyl (C=O) groups is 6. The number of halogens is 2. The molecule has 1 saturated carbocycles. The fourth-order valence-electron chi connectivity index (χ4n) is 14.8. The van der Waals surface area contributed by atoms with Crippen molar-refractivity contribution in [3.63, 3.8) is 0 Å². The summed E-state index contributed by atoms with van der Waals surface area (Å²) in [5, 5.41) is 49.3. The highest BCUT2D eigenvalue weighted by Gasteiger charge is 2.26. The van der Waals surface area contributed by atoms with Crippen LogP contribution in [0.4, 0.5) is 5.95 Å². The van der Waals surface area contributed by atoms with Gasteiger partial charge in [-0.3, -0.25) is 28.8 Å². The molecule has 4 aromatic carbocycles. The summed E-state index contributed by atoms with van der Waals surface area (Å²) in [6.07, 6.45) is 53.1. The number of hydrogen-bond donors (Lipinski definition) is 1. The van der Waals surface area contributed by atoms with Gasteiger partial charge in [-0.25, -0.2) is 37.8 Å². The van der Waals surface area contributed by atoms with Crippen molar-refractivity contribution in [2.45, 2.75) is 70.8 Å². The van der Waals surface area contributed by atoms with E-state index in [9.17, 15) is 28.8 Å². The molecule has 16 heterocycles. The molecule has 36 heteroatoms. The number of aryl methyl sites for hydroxylation is 3. The van der Waals surface area contributed by atoms with Crippen molar-refractivity contribution in [3.05, 3.63) is 435 Å². The number of nitrogens with two attached hydrogens (primary N) is 1. The molecule has 0 bridgehead atoms. The number of anilines is 1. The van der Waals surface area contributed by atoms with Crippen LogP contribution < -0.4 is 20.3 Å². The number of furan rings is 2. The third-order valence-corrected chi connectivity index (χ3v) is 26.5. The molecule has 754 valence electrons. The molecule has 2 aliphatic rings. The fourth-order valence-corrected chi connectivity index (χ4v) is 17.6. The zero-order chi connectivity index (χ0) is 104. The molecule has 1 aliphatic heterocycles. The predicted octanol–water partition coefficient (Wildman–Crippen LogP) is 24.6. The second-order valence-corrected chi connectivity index (χ2v) is 38.2. The highest BCUT2D eigenvalue weighted by atomic mass is 35.5. The quantitative estimate of drug-likeness (QED) is 0.0467. The van der Waals surface area contributed by atoms with Gasteiger partial charge < -0.3 is 33.3 Å². The highest BCUT2D eigenvalue weighted by molar-refractivity contribution is 7.11. The number of ether oxygens (including phenoxy) is 2. The van der Waals surface area contributed by atoms with Gasteiger partial charge in [0.05, 0.1) is 86.2 Å². The fraction of sp³-hybridized carbons (Fsp3) is 0.142. The number of methoxy groups -OCH3 is 2. The Balaban J connectivity index is 0.000000130. The maximum absolute atomic E-state index is 12.3. The Hall–Kier alpha value is -17.2. The number of thiophene rings is 4. The predicted molar refractivity (Wildman–Crippen MR) is 594 cm³/mol. The number of hydrogen-bond acceptors (Lipinski definition) is 25. The first kappa shape index (κ1) is 106. The second kappa shape index (κ2) is 54.2. The summed E-state index contributed by atoms with van der Waals surface area (Å²) in [5.41, 5.74) is 9.53. The monoisotopic (exact) mass is 2100 g/mol. The summed E-state index contributed by atoms with van der Waals surface area (Å²) in [4.78, 5) is 77.9. The Morgan fingerprint density at radius 1 is 0.403 bits per heavy atom. The lowest BCUT2D eigenvalue weighted by atomic mass is 10.0. The summed E-state index contributed by atoms with van der Waals surface area (Å²) in [6.45, 7) is 1.80. The largest absolute Gasteiger partial charge is 0.497 e. The van der Waals surface area contributed by atoms with Crippen LogP contribution in [0.25, 0.3) is 79.0 Å². The molecule has 15 aromatic heterocycles. The van der Waals surface area contributed by atoms with Gasteiger partial charge in [0, 0.05) is 112 Å². The zero-order valence-electron chi connectivity index (χ0n) is 81.7. The third-order valence-electron chi connectivity index (χ3n) is 22.7. The maximum Gasteiger partial charge on any atom is 0.294 e. The minimum Gasteiger partial charge on any atom is -0.497 e. The first-order valence-electron chi connectivity index (χ1n) is 47.1. The van der Waals surface area contributed by atoms with Crippen molar-refractivity contribution in [3.8, 4) is 11.5 Å². The van der Waals surface area contributed by atoms with Crippen molar-refractivity contribution in [1.29, 1.82) is 0 Å². The highest BCUT2D eigenvalue weighted by Crippen LogP contribution is 2.30. The molecule has 2 N–H and O–H groups in total. The van der Waals surface area contributed by atoms with Crippen LogP contribution >= 0.6 is 68.5 Å². The molecular formula is C113H104Cl2N20O10S4. The van der Waals surface area contributed by atoms with Crippen LogP contribution in [0.5, 0.6) is 11.5 Å². The average Bonchev–Trinajstić information content (AvgIpc) is 1.66. The molecule has 21 rings (SSSR count). The molecule has 0 radical (unpaired) electrons. The number of nitrogens with zero attached hydrogens (tertiary/aromatic N) is 19. The van der Waals surface area contributed by atoms with Gasteiger partial charge in [-0.2, -0.15) is 35.7 Å². The van der Waals surface area contributed by atoms with Crippen LogP contribution in [-0.2, 0) is 33.4 Å². The third kappa shape index (κ3) is 32.2. The SMILES string of the molecule is COc1ccc(CC(=O)n2ccc(/C=C/c3ccco3)n2)cc1.COc1ccc(CC(=O)n2ccc(/C=C/c3cccs3)n2)cc1.Cc1nnc(N2N=CCC2/C=C/c2cccc(Cl)c2)n1N.Cn1cccc1C(=O)n1ccc(/C=C/c2ccco2)n1.Cn1cccc1C(=O)n1ccc(/C=C/c2cccs2)n1.O=C(CC1CCCC1)n1ccc(/C=C/c2cccs2)n1.O=C(Cc1ccc(Cl)cc1)n1ccc(/C=C/c2cccs2)n1. The van der Waals surface area contributed by atoms with Gasteiger partial charge in [-0.1, -0.05) is 121 Å². The standard InChI is InChI=1S/C18H16N2O3.C18H16N2O2S.C17H13ClN2OS.C16H18N2OS.C15H13N3O2.C15H13N3OS.C14H15ClN6/c2*1-22-16-7-4-14(5-8-16)13-18(21)20-11-10-15(19-20)6-9-17-3-2-12-23-17;18-14-5-3-13(4-6-14)12-17(21)20-10-9-15(19-20)7-8-16-2-1-11-22-16;19-16(12-13-4-1-2-5-13)18-10-9-14(17-18)7-8-15-6-3-11-20-15;2*1-17-9-2-5-14(17)15(19)18-10-8-12(16-18)6-7-13-4-3-11-20-13;1-10-18-19-14(20(10)16)21-13(7-8-17-21)6-5-11-3-2-4-12(15)9-11/h2*2-12H,13H2,1H3;1-11H,12H2;3,6-11,13H,1-2,4-5,12H2;2*2-11H,1H3;2-6,8-9,13H,7,16H2,1H3/b2*9-6+;2*8-7+;2*7-6+;6-5+. The molecule has 0 saturated heterocycles. The van der Waals surface area contributed by atoms with Crippen LogP contribution in [0.3, 0.4) is 0 Å². The lowest BCUT2D eigenvalue weighted by Gasteiger charge is -2.19. The van der Waals surface area contributed by atoms with E-state index in [0.29, 0.717) is 69.8 Å². The number of aromatic nitrogens is 17. The molecule has 0 amide bonds. The van der Waals surface area contributed by atoms with Crippen molar-refractivity contribution < 1.29 is 47.1 Å². The van der Waals surface area contributed by atoms with Crippen molar-refractivity contribution in [1.82, 2.24) is 82.7 Å². The molecule has 1 atom stereocenters. The topological polar surface area (TPSA) is 336 Å². The number of hydrazone groups is 1. The lowest BCUT2D eigenvalue weighted by Crippen LogP contribution is -2.29. The van der Waals surface area contributed by atoms with E-state index in [2.05, 4.69) is 58.0 Å². The molecule has 1 aliphatic carbocycles. The summed E-state index contributed by atoms with van der Waals surface area (Å²) in [6, 6.07) is 71.6. The Kier molecular flexibility index (Phi) is 38.6. The summed E-state index contributed by atoms with van der Waals surface area (Å²) < 4.78 is 33.9. The van der Waals surface area contributed by atoms with E-state index in [1.807, 2.05) is 297 Å². The van der Waals surface area contributed by atoms with Crippen LogP contribution in [-0.4, -0.2) is 145 Å². The van der Waals surface area contributed by atoms with Gasteiger partial charge in [-0.15, -0.1) is 55.5 Å². The van der Waals surface area contributed by atoms with E-state index in [1.165, 1.54) is 63.3 Å². The molecule has 0 spiro atoms. The smallest absolute Gasteiger partial charge is 0.294 e. The van der Waals surface area contributed by atoms with Crippen LogP contribution in [0, 0.1) is 12.8 Å². The molecule has 1 fully saturated rings. The van der Waals surface area contributed by atoms with E-state index >= 15 is 0 Å². The summed E-state index contributed by atoms with van der Waals surface area (Å²) >= 11 is 18.5. The minimum atomic E-state index is -0.157. The number of carbonyl (C=O) groups excluding carboxylic acids is 6. The number of rotatable bonds is 27. The minimum absolute atomic E-state index is 0.0639. The maximum atomic E-state index is 12.3. The van der Waals surface area contributed by atoms with E-state index in [4.69, 9.17) is 47.4 Å². The van der Waals surface area contributed by atoms with Gasteiger partial charge in [0.2, 0.25) is 5.91 Å². The molecule has 19 aromatic rings. The number of nitrogen functional groups attached to an aromatic ring is 1. The number of benzene rings is 4. The van der Waals surface area contributed by atoms with Gasteiger partial charge >= 0.3 is 0 Å². The summed E-state index contributed by atoms with van der Waals surface area (Å²) in [5.74, 6) is 10.3.